The fourth-order valence-electron chi connectivity index (χ4n) is 2.83. The molecule has 188 valence electrons. The molecule has 3 N–H and O–H groups in total. The summed E-state index contributed by atoms with van der Waals surface area (Å²) < 4.78 is 10.3. The molecule has 0 saturated heterocycles. The van der Waals surface area contributed by atoms with Crippen molar-refractivity contribution in [3.05, 3.63) is 24.3 Å². The lowest BCUT2D eigenvalue weighted by atomic mass is 10.1. The van der Waals surface area contributed by atoms with E-state index in [0.29, 0.717) is 18.9 Å². The van der Waals surface area contributed by atoms with Crippen LogP contribution in [-0.4, -0.2) is 49.7 Å². The summed E-state index contributed by atoms with van der Waals surface area (Å²) in [6.07, 6.45) is 4.27. The van der Waals surface area contributed by atoms with Crippen LogP contribution < -0.4 is 20.7 Å². The van der Waals surface area contributed by atoms with Crippen molar-refractivity contribution in [3.63, 3.8) is 0 Å². The van der Waals surface area contributed by atoms with Crippen molar-refractivity contribution < 1.29 is 19.1 Å². The van der Waals surface area contributed by atoms with E-state index in [1.165, 1.54) is 7.11 Å². The summed E-state index contributed by atoms with van der Waals surface area (Å²) in [5.74, 6) is 1.04. The number of methoxy groups -OCH3 is 1. The Kier molecular flexibility index (Phi) is 15.5. The van der Waals surface area contributed by atoms with Gasteiger partial charge in [0.25, 0.3) is 0 Å². The number of nitrogens with one attached hydrogen (secondary N) is 3. The van der Waals surface area contributed by atoms with Gasteiger partial charge < -0.3 is 25.4 Å². The van der Waals surface area contributed by atoms with E-state index in [1.807, 2.05) is 58.9 Å². The Bertz CT molecular complexity index is 731. The van der Waals surface area contributed by atoms with Gasteiger partial charge in [0.15, 0.2) is 5.96 Å². The van der Waals surface area contributed by atoms with E-state index in [0.717, 1.165) is 37.1 Å². The quantitative estimate of drug-likeness (QED) is 0.112. The number of rotatable bonds is 12. The highest BCUT2D eigenvalue weighted by Crippen LogP contribution is 2.17. The maximum Gasteiger partial charge on any atom is 0.305 e. The molecule has 0 saturated carbocycles. The molecule has 9 heteroatoms. The molecule has 1 rings (SSSR count). The van der Waals surface area contributed by atoms with E-state index in [2.05, 4.69) is 25.7 Å². The van der Waals surface area contributed by atoms with Gasteiger partial charge in [-0.2, -0.15) is 0 Å². The second-order valence-corrected chi connectivity index (χ2v) is 8.95. The number of esters is 1. The van der Waals surface area contributed by atoms with Gasteiger partial charge in [-0.25, -0.2) is 4.99 Å². The number of amides is 1. The fourth-order valence-corrected chi connectivity index (χ4v) is 2.83. The number of guanidine groups is 1. The number of hydrogen-bond donors (Lipinski definition) is 3. The van der Waals surface area contributed by atoms with Crippen LogP contribution in [0.25, 0.3) is 0 Å². The third-order valence-corrected chi connectivity index (χ3v) is 4.21. The average molecular weight is 577 g/mol. The largest absolute Gasteiger partial charge is 0.491 e. The molecule has 0 aliphatic carbocycles. The molecule has 8 nitrogen and oxygen atoms in total. The average Bonchev–Trinajstić information content (AvgIpc) is 2.70. The van der Waals surface area contributed by atoms with E-state index in [1.54, 1.807) is 0 Å². The predicted molar refractivity (Wildman–Crippen MR) is 145 cm³/mol. The van der Waals surface area contributed by atoms with Crippen LogP contribution in [0.3, 0.4) is 0 Å². The van der Waals surface area contributed by atoms with Crippen molar-refractivity contribution in [2.45, 2.75) is 78.4 Å². The number of carbonyl (C=O) groups is 2. The third-order valence-electron chi connectivity index (χ3n) is 4.21. The monoisotopic (exact) mass is 576 g/mol. The van der Waals surface area contributed by atoms with E-state index in [4.69, 9.17) is 4.74 Å². The lowest BCUT2D eigenvalue weighted by molar-refractivity contribution is -0.140. The molecular formula is C24H41IN4O4. The number of aliphatic imine (C=N–C) groups is 1. The molecule has 33 heavy (non-hydrogen) atoms. The van der Waals surface area contributed by atoms with Crippen LogP contribution in [0, 0.1) is 0 Å². The van der Waals surface area contributed by atoms with Crippen molar-refractivity contribution in [1.29, 1.82) is 0 Å². The molecule has 1 amide bonds. The molecule has 0 atom stereocenters. The summed E-state index contributed by atoms with van der Waals surface area (Å²) in [6.45, 7) is 10.5. The van der Waals surface area contributed by atoms with Gasteiger partial charge in [-0.3, -0.25) is 9.59 Å². The molecule has 0 unspecified atom stereocenters. The van der Waals surface area contributed by atoms with Gasteiger partial charge in [0, 0.05) is 24.2 Å². The Balaban J connectivity index is 0.0000102. The molecule has 0 aliphatic heterocycles. The molecule has 0 spiro atoms. The lowest BCUT2D eigenvalue weighted by Crippen LogP contribution is -2.42. The Morgan fingerprint density at radius 3 is 2.24 bits per heavy atom. The van der Waals surface area contributed by atoms with Gasteiger partial charge >= 0.3 is 5.97 Å². The van der Waals surface area contributed by atoms with Crippen LogP contribution in [0.4, 0.5) is 5.69 Å². The molecule has 0 aliphatic rings. The zero-order chi connectivity index (χ0) is 24.0. The second kappa shape index (κ2) is 16.6. The topological polar surface area (TPSA) is 101 Å². The summed E-state index contributed by atoms with van der Waals surface area (Å²) in [5.41, 5.74) is 0.547. The first-order chi connectivity index (χ1) is 15.1. The molecule has 0 radical (unpaired) electrons. The number of carbonyl (C=O) groups excluding carboxylic acids is 2. The smallest absolute Gasteiger partial charge is 0.305 e. The van der Waals surface area contributed by atoms with E-state index in [9.17, 15) is 9.59 Å². The Labute approximate surface area is 215 Å². The van der Waals surface area contributed by atoms with Crippen molar-refractivity contribution in [3.8, 4) is 5.75 Å². The molecule has 1 aromatic rings. The number of nitrogens with zero attached hydrogens (tertiary/aromatic N) is 1. The zero-order valence-electron chi connectivity index (χ0n) is 20.8. The van der Waals surface area contributed by atoms with Crippen LogP contribution in [0.15, 0.2) is 29.3 Å². The van der Waals surface area contributed by atoms with Gasteiger partial charge in [-0.15, -0.1) is 24.0 Å². The van der Waals surface area contributed by atoms with Gasteiger partial charge in [-0.1, -0.05) is 12.8 Å². The minimum Gasteiger partial charge on any atom is -0.491 e. The molecule has 0 fully saturated rings. The minimum absolute atomic E-state index is 0. The maximum atomic E-state index is 12.2. The van der Waals surface area contributed by atoms with Gasteiger partial charge in [-0.05, 0) is 71.7 Å². The molecule has 0 heterocycles. The highest BCUT2D eigenvalue weighted by Gasteiger charge is 2.13. The number of ether oxygens (including phenoxy) is 2. The number of halogens is 1. The van der Waals surface area contributed by atoms with Crippen LogP contribution in [0.2, 0.25) is 0 Å². The first kappa shape index (κ1) is 31.0. The molecule has 0 bridgehead atoms. The number of anilines is 1. The maximum absolute atomic E-state index is 12.2. The third kappa shape index (κ3) is 16.3. The van der Waals surface area contributed by atoms with Crippen LogP contribution >= 0.6 is 24.0 Å². The minimum atomic E-state index is -0.302. The summed E-state index contributed by atoms with van der Waals surface area (Å²) in [5, 5.41) is 9.44. The van der Waals surface area contributed by atoms with Crippen molar-refractivity contribution in [2.75, 3.05) is 25.5 Å². The van der Waals surface area contributed by atoms with Crippen molar-refractivity contribution in [1.82, 2.24) is 10.6 Å². The van der Waals surface area contributed by atoms with Crippen LogP contribution in [0.5, 0.6) is 5.75 Å². The summed E-state index contributed by atoms with van der Waals surface area (Å²) in [4.78, 5) is 27.7. The Morgan fingerprint density at radius 2 is 1.67 bits per heavy atom. The summed E-state index contributed by atoms with van der Waals surface area (Å²) in [6, 6.07) is 7.62. The summed E-state index contributed by atoms with van der Waals surface area (Å²) in [7, 11) is 1.41. The molecule has 0 aromatic heterocycles. The first-order valence-corrected chi connectivity index (χ1v) is 11.3. The standard InChI is InChI=1S/C24H40N4O4.HI/c1-18(2)32-20-14-12-19(13-15-20)27-23(26-17-21(29)28-24(3,4)5)25-16-10-8-7-9-11-22(30)31-6;/h12-15,18H,7-11,16-17H2,1-6H3,(H,28,29)(H2,25,26,27);1H. The summed E-state index contributed by atoms with van der Waals surface area (Å²) >= 11 is 0. The highest BCUT2D eigenvalue weighted by molar-refractivity contribution is 14.0. The number of unbranched alkanes of at least 4 members (excludes halogenated alkanes) is 3. The van der Waals surface area contributed by atoms with E-state index in [-0.39, 0.29) is 54.0 Å². The lowest BCUT2D eigenvalue weighted by Gasteiger charge is -2.20. The van der Waals surface area contributed by atoms with Gasteiger partial charge in [0.1, 0.15) is 12.3 Å². The SMILES string of the molecule is COC(=O)CCCCCCNC(=NCC(=O)NC(C)(C)C)Nc1ccc(OC(C)C)cc1.I. The second-order valence-electron chi connectivity index (χ2n) is 8.95. The zero-order valence-corrected chi connectivity index (χ0v) is 23.2. The normalized spacial score (nSPS) is 11.4. The molecule has 1 aromatic carbocycles. The fraction of sp³-hybridized carbons (Fsp3) is 0.625. The Morgan fingerprint density at radius 1 is 1.03 bits per heavy atom. The van der Waals surface area contributed by atoms with Crippen molar-refractivity contribution in [2.24, 2.45) is 4.99 Å². The highest BCUT2D eigenvalue weighted by atomic mass is 127. The van der Waals surface area contributed by atoms with Crippen LogP contribution in [0.1, 0.15) is 66.7 Å². The first-order valence-electron chi connectivity index (χ1n) is 11.3. The predicted octanol–water partition coefficient (Wildman–Crippen LogP) is 4.49. The van der Waals surface area contributed by atoms with E-state index >= 15 is 0 Å². The number of benzene rings is 1. The van der Waals surface area contributed by atoms with Gasteiger partial charge in [0.05, 0.1) is 13.2 Å². The van der Waals surface area contributed by atoms with Crippen molar-refractivity contribution >= 4 is 47.5 Å². The van der Waals surface area contributed by atoms with Gasteiger partial charge in [0.2, 0.25) is 5.91 Å². The number of hydrogen-bond acceptors (Lipinski definition) is 5. The Hall–Kier alpha value is -2.04. The molecular weight excluding hydrogens is 535 g/mol. The van der Waals surface area contributed by atoms with E-state index < -0.39 is 0 Å². The van der Waals surface area contributed by atoms with Crippen LogP contribution in [-0.2, 0) is 14.3 Å².